The molecule has 3 aromatic rings. The van der Waals surface area contributed by atoms with Crippen LogP contribution in [0, 0.1) is 0 Å². The van der Waals surface area contributed by atoms with Crippen molar-refractivity contribution in [3.05, 3.63) is 96.1 Å². The molecule has 0 heterocycles. The number of esters is 1. The molecular weight excluding hydrogens is 448 g/mol. The maximum absolute atomic E-state index is 13.1. The molecule has 7 heteroatoms. The molecule has 0 aromatic heterocycles. The van der Waals surface area contributed by atoms with Gasteiger partial charge in [0.05, 0.1) is 17.2 Å². The average Bonchev–Trinajstić information content (AvgIpc) is 2.91. The van der Waals surface area contributed by atoms with Crippen LogP contribution in [-0.4, -0.2) is 44.2 Å². The molecule has 0 fully saturated rings. The Balaban J connectivity index is 1.47. The zero-order valence-electron chi connectivity index (χ0n) is 19.9. The molecule has 3 aromatic carbocycles. The highest BCUT2D eigenvalue weighted by Crippen LogP contribution is 2.22. The lowest BCUT2D eigenvalue weighted by atomic mass is 10.0. The molecule has 0 aliphatic carbocycles. The van der Waals surface area contributed by atoms with Crippen molar-refractivity contribution in [2.24, 2.45) is 0 Å². The Hall–Kier alpha value is -3.68. The van der Waals surface area contributed by atoms with Gasteiger partial charge in [0.2, 0.25) is 0 Å². The molecule has 0 spiro atoms. The molecule has 2 unspecified atom stereocenters. The number of hydrogen-bond donors (Lipinski definition) is 0. The lowest BCUT2D eigenvalue weighted by Crippen LogP contribution is -2.26. The van der Waals surface area contributed by atoms with E-state index in [9.17, 15) is 9.59 Å². The summed E-state index contributed by atoms with van der Waals surface area (Å²) < 4.78 is 27.8. The van der Waals surface area contributed by atoms with Crippen molar-refractivity contribution >= 4 is 11.8 Å². The van der Waals surface area contributed by atoms with Crippen molar-refractivity contribution in [3.63, 3.8) is 0 Å². The van der Waals surface area contributed by atoms with E-state index in [2.05, 4.69) is 0 Å². The molecule has 184 valence electrons. The molecular formula is C28H30O7. The van der Waals surface area contributed by atoms with Gasteiger partial charge in [-0.2, -0.15) is 0 Å². The van der Waals surface area contributed by atoms with Crippen LogP contribution in [0.1, 0.15) is 41.0 Å². The number of ketones is 1. The molecule has 7 nitrogen and oxygen atoms in total. The first kappa shape index (κ1) is 25.9. The average molecular weight is 479 g/mol. The van der Waals surface area contributed by atoms with E-state index in [1.54, 1.807) is 55.5 Å². The fraction of sp³-hybridized carbons (Fsp3) is 0.286. The largest absolute Gasteiger partial charge is 0.468 e. The number of carbonyl (C=O) groups is 2. The van der Waals surface area contributed by atoms with Crippen LogP contribution in [0.15, 0.2) is 84.9 Å². The maximum atomic E-state index is 13.1. The molecule has 35 heavy (non-hydrogen) atoms. The van der Waals surface area contributed by atoms with E-state index in [0.717, 1.165) is 0 Å². The van der Waals surface area contributed by atoms with Crippen LogP contribution in [0.2, 0.25) is 0 Å². The van der Waals surface area contributed by atoms with E-state index in [1.165, 1.54) is 0 Å². The third-order valence-corrected chi connectivity index (χ3v) is 5.08. The number of para-hydroxylation sites is 2. The van der Waals surface area contributed by atoms with Crippen LogP contribution in [0.3, 0.4) is 0 Å². The third kappa shape index (κ3) is 8.24. The molecule has 0 aliphatic heterocycles. The Labute approximate surface area is 205 Å². The van der Waals surface area contributed by atoms with Gasteiger partial charge in [-0.25, -0.2) is 4.79 Å². The second-order valence-corrected chi connectivity index (χ2v) is 7.70. The van der Waals surface area contributed by atoms with Gasteiger partial charge in [-0.05, 0) is 49.7 Å². The topological polar surface area (TPSA) is 80.3 Å². The van der Waals surface area contributed by atoms with Gasteiger partial charge in [0, 0.05) is 0 Å². The first-order valence-electron chi connectivity index (χ1n) is 11.5. The number of benzene rings is 3. The Bertz CT molecular complexity index is 1050. The summed E-state index contributed by atoms with van der Waals surface area (Å²) in [5.74, 6) is 0.431. The van der Waals surface area contributed by atoms with Gasteiger partial charge in [-0.3, -0.25) is 4.79 Å². The van der Waals surface area contributed by atoms with E-state index in [0.29, 0.717) is 29.0 Å². The summed E-state index contributed by atoms with van der Waals surface area (Å²) in [6, 6.07) is 24.9. The number of ether oxygens (including phenoxy) is 5. The third-order valence-electron chi connectivity index (χ3n) is 5.08. The fourth-order valence-electron chi connectivity index (χ4n) is 3.16. The standard InChI is InChI=1S/C28H30O7/c1-3-25(34-20-33-23-14-8-5-9-15-23)27(29)24-16-10-11-17-26(24)35-19-32-21(2)18-31-28(30)22-12-6-4-7-13-22/h4-17,21,25H,3,18-20H2,1-2H3. The molecule has 2 atom stereocenters. The zero-order valence-corrected chi connectivity index (χ0v) is 19.9. The SMILES string of the molecule is CCC(OCOc1ccccc1)C(=O)c1ccccc1OCOC(C)COC(=O)c1ccccc1. The van der Waals surface area contributed by atoms with Crippen LogP contribution in [-0.2, 0) is 14.2 Å². The summed E-state index contributed by atoms with van der Waals surface area (Å²) in [6.45, 7) is 3.57. The predicted molar refractivity (Wildman–Crippen MR) is 131 cm³/mol. The second kappa shape index (κ2) is 13.9. The van der Waals surface area contributed by atoms with Crippen molar-refractivity contribution < 1.29 is 33.3 Å². The number of carbonyl (C=O) groups excluding carboxylic acids is 2. The van der Waals surface area contributed by atoms with E-state index >= 15 is 0 Å². The summed E-state index contributed by atoms with van der Waals surface area (Å²) in [7, 11) is 0. The predicted octanol–water partition coefficient (Wildman–Crippen LogP) is 5.30. The maximum Gasteiger partial charge on any atom is 0.338 e. The van der Waals surface area contributed by atoms with E-state index in [1.807, 2.05) is 43.3 Å². The Kier molecular flexibility index (Phi) is 10.3. The molecule has 0 N–H and O–H groups in total. The van der Waals surface area contributed by atoms with Crippen molar-refractivity contribution in [1.29, 1.82) is 0 Å². The van der Waals surface area contributed by atoms with Gasteiger partial charge < -0.3 is 23.7 Å². The minimum atomic E-state index is -0.680. The highest BCUT2D eigenvalue weighted by Gasteiger charge is 2.22. The van der Waals surface area contributed by atoms with Crippen molar-refractivity contribution in [3.8, 4) is 11.5 Å². The lowest BCUT2D eigenvalue weighted by Gasteiger charge is -2.18. The summed E-state index contributed by atoms with van der Waals surface area (Å²) >= 11 is 0. The number of hydrogen-bond acceptors (Lipinski definition) is 7. The minimum Gasteiger partial charge on any atom is -0.468 e. The fourth-order valence-corrected chi connectivity index (χ4v) is 3.16. The summed E-state index contributed by atoms with van der Waals surface area (Å²) in [4.78, 5) is 25.1. The molecule has 0 saturated carbocycles. The van der Waals surface area contributed by atoms with Crippen LogP contribution in [0.25, 0.3) is 0 Å². The summed E-state index contributed by atoms with van der Waals surface area (Å²) in [6.07, 6.45) is -0.598. The van der Waals surface area contributed by atoms with Crippen LogP contribution in [0.5, 0.6) is 11.5 Å². The molecule has 0 radical (unpaired) electrons. The summed E-state index contributed by atoms with van der Waals surface area (Å²) in [5, 5.41) is 0. The summed E-state index contributed by atoms with van der Waals surface area (Å²) in [5.41, 5.74) is 0.871. The minimum absolute atomic E-state index is 0.0421. The van der Waals surface area contributed by atoms with Gasteiger partial charge in [-0.15, -0.1) is 0 Å². The van der Waals surface area contributed by atoms with Crippen molar-refractivity contribution in [2.45, 2.75) is 32.5 Å². The van der Waals surface area contributed by atoms with Crippen LogP contribution >= 0.6 is 0 Å². The monoisotopic (exact) mass is 478 g/mol. The smallest absolute Gasteiger partial charge is 0.338 e. The first-order chi connectivity index (χ1) is 17.1. The van der Waals surface area contributed by atoms with Crippen molar-refractivity contribution in [2.75, 3.05) is 20.2 Å². The Morgan fingerprint density at radius 3 is 2.11 bits per heavy atom. The molecule has 0 saturated heterocycles. The number of Topliss-reactive ketones (excluding diaryl/α,β-unsaturated/α-hetero) is 1. The first-order valence-corrected chi connectivity index (χ1v) is 11.5. The Morgan fingerprint density at radius 1 is 0.771 bits per heavy atom. The molecule has 0 bridgehead atoms. The molecule has 3 rings (SSSR count). The number of rotatable bonds is 14. The van der Waals surface area contributed by atoms with Crippen molar-refractivity contribution in [1.82, 2.24) is 0 Å². The highest BCUT2D eigenvalue weighted by atomic mass is 16.7. The normalized spacial score (nSPS) is 12.4. The molecule has 0 aliphatic rings. The van der Waals surface area contributed by atoms with E-state index in [4.69, 9.17) is 23.7 Å². The van der Waals surface area contributed by atoms with Gasteiger partial charge in [-0.1, -0.05) is 55.5 Å². The van der Waals surface area contributed by atoms with E-state index < -0.39 is 18.2 Å². The van der Waals surface area contributed by atoms with Crippen LogP contribution in [0.4, 0.5) is 0 Å². The molecule has 0 amide bonds. The zero-order chi connectivity index (χ0) is 24.9. The second-order valence-electron chi connectivity index (χ2n) is 7.70. The van der Waals surface area contributed by atoms with Gasteiger partial charge in [0.1, 0.15) is 24.2 Å². The van der Waals surface area contributed by atoms with Gasteiger partial charge in [0.15, 0.2) is 19.4 Å². The quantitative estimate of drug-likeness (QED) is 0.177. The highest BCUT2D eigenvalue weighted by molar-refractivity contribution is 6.01. The van der Waals surface area contributed by atoms with Gasteiger partial charge >= 0.3 is 5.97 Å². The van der Waals surface area contributed by atoms with Crippen LogP contribution < -0.4 is 9.47 Å². The van der Waals surface area contributed by atoms with Gasteiger partial charge in [0.25, 0.3) is 0 Å². The lowest BCUT2D eigenvalue weighted by molar-refractivity contribution is -0.0547. The van der Waals surface area contributed by atoms with E-state index in [-0.39, 0.29) is 26.0 Å². The Morgan fingerprint density at radius 2 is 1.40 bits per heavy atom.